The molecule has 0 atom stereocenters. The third-order valence-corrected chi connectivity index (χ3v) is 3.76. The number of benzene rings is 2. The summed E-state index contributed by atoms with van der Waals surface area (Å²) < 4.78 is 14.1. The van der Waals surface area contributed by atoms with Gasteiger partial charge >= 0.3 is 0 Å². The van der Waals surface area contributed by atoms with Crippen molar-refractivity contribution in [3.8, 4) is 0 Å². The van der Waals surface area contributed by atoms with E-state index in [1.807, 2.05) is 0 Å². The lowest BCUT2D eigenvalue weighted by molar-refractivity contribution is 0.625. The highest BCUT2D eigenvalue weighted by Crippen LogP contribution is 2.19. The van der Waals surface area contributed by atoms with Crippen LogP contribution in [0.4, 0.5) is 10.1 Å². The highest BCUT2D eigenvalue weighted by atomic mass is 79.9. The Hall–Kier alpha value is -1.35. The lowest BCUT2D eigenvalue weighted by Crippen LogP contribution is -2.00. The standard InChI is InChI=1S/C16H17BrFN/c1-2-3-12-4-7-15(8-5-12)19-11-13-10-14(18)6-9-16(13)17/h4-10,19H,2-3,11H2,1H3. The van der Waals surface area contributed by atoms with Crippen LogP contribution in [-0.2, 0) is 13.0 Å². The number of anilines is 1. The van der Waals surface area contributed by atoms with Gasteiger partial charge in [-0.25, -0.2) is 4.39 Å². The molecule has 3 heteroatoms. The van der Waals surface area contributed by atoms with Crippen LogP contribution in [0.15, 0.2) is 46.9 Å². The summed E-state index contributed by atoms with van der Waals surface area (Å²) in [7, 11) is 0. The summed E-state index contributed by atoms with van der Waals surface area (Å²) in [6, 6.07) is 13.1. The van der Waals surface area contributed by atoms with E-state index in [4.69, 9.17) is 0 Å². The molecule has 2 aromatic carbocycles. The zero-order valence-electron chi connectivity index (χ0n) is 10.9. The second kappa shape index (κ2) is 6.71. The molecule has 0 saturated heterocycles. The smallest absolute Gasteiger partial charge is 0.123 e. The fourth-order valence-electron chi connectivity index (χ4n) is 1.95. The summed E-state index contributed by atoms with van der Waals surface area (Å²) in [5, 5.41) is 3.30. The van der Waals surface area contributed by atoms with Gasteiger partial charge in [-0.3, -0.25) is 0 Å². The number of hydrogen-bond donors (Lipinski definition) is 1. The molecular weight excluding hydrogens is 305 g/mol. The molecule has 19 heavy (non-hydrogen) atoms. The molecule has 0 radical (unpaired) electrons. The molecule has 0 aliphatic rings. The van der Waals surface area contributed by atoms with E-state index in [1.165, 1.54) is 11.6 Å². The van der Waals surface area contributed by atoms with Gasteiger partial charge in [0.05, 0.1) is 0 Å². The Kier molecular flexibility index (Phi) is 4.97. The van der Waals surface area contributed by atoms with Crippen LogP contribution in [0.25, 0.3) is 0 Å². The third kappa shape index (κ3) is 4.06. The SMILES string of the molecule is CCCc1ccc(NCc2cc(F)ccc2Br)cc1. The molecule has 0 fully saturated rings. The topological polar surface area (TPSA) is 12.0 Å². The first kappa shape index (κ1) is 14.1. The minimum absolute atomic E-state index is 0.210. The lowest BCUT2D eigenvalue weighted by Gasteiger charge is -2.09. The Bertz CT molecular complexity index is 537. The van der Waals surface area contributed by atoms with Gasteiger partial charge in [0.25, 0.3) is 0 Å². The highest BCUT2D eigenvalue weighted by molar-refractivity contribution is 9.10. The maximum Gasteiger partial charge on any atom is 0.123 e. The molecule has 0 spiro atoms. The van der Waals surface area contributed by atoms with Crippen LogP contribution in [0, 0.1) is 5.82 Å². The van der Waals surface area contributed by atoms with Crippen molar-refractivity contribution in [2.75, 3.05) is 5.32 Å². The van der Waals surface area contributed by atoms with Crippen LogP contribution >= 0.6 is 15.9 Å². The van der Waals surface area contributed by atoms with Crippen molar-refractivity contribution in [1.82, 2.24) is 0 Å². The second-order valence-corrected chi connectivity index (χ2v) is 5.39. The van der Waals surface area contributed by atoms with Crippen LogP contribution < -0.4 is 5.32 Å². The molecular formula is C16H17BrFN. The predicted octanol–water partition coefficient (Wildman–Crippen LogP) is 5.15. The van der Waals surface area contributed by atoms with Crippen LogP contribution in [0.2, 0.25) is 0 Å². The van der Waals surface area contributed by atoms with Gasteiger partial charge < -0.3 is 5.32 Å². The Labute approximate surface area is 122 Å². The minimum atomic E-state index is -0.210. The second-order valence-electron chi connectivity index (χ2n) is 4.54. The molecule has 1 nitrogen and oxygen atoms in total. The summed E-state index contributed by atoms with van der Waals surface area (Å²) in [5.41, 5.74) is 3.31. The average molecular weight is 322 g/mol. The monoisotopic (exact) mass is 321 g/mol. The summed E-state index contributed by atoms with van der Waals surface area (Å²) in [4.78, 5) is 0. The van der Waals surface area contributed by atoms with Crippen molar-refractivity contribution < 1.29 is 4.39 Å². The largest absolute Gasteiger partial charge is 0.381 e. The fraction of sp³-hybridized carbons (Fsp3) is 0.250. The first-order chi connectivity index (χ1) is 9.19. The molecule has 0 aromatic heterocycles. The normalized spacial score (nSPS) is 10.5. The molecule has 0 unspecified atom stereocenters. The quantitative estimate of drug-likeness (QED) is 0.802. The highest BCUT2D eigenvalue weighted by Gasteiger charge is 2.02. The van der Waals surface area contributed by atoms with Gasteiger partial charge in [0.1, 0.15) is 5.82 Å². The first-order valence-corrected chi connectivity index (χ1v) is 7.25. The van der Waals surface area contributed by atoms with E-state index in [-0.39, 0.29) is 5.82 Å². The van der Waals surface area contributed by atoms with Gasteiger partial charge in [0, 0.05) is 16.7 Å². The van der Waals surface area contributed by atoms with Gasteiger partial charge in [0.15, 0.2) is 0 Å². The van der Waals surface area contributed by atoms with E-state index < -0.39 is 0 Å². The van der Waals surface area contributed by atoms with Crippen LogP contribution in [-0.4, -0.2) is 0 Å². The third-order valence-electron chi connectivity index (χ3n) is 2.98. The van der Waals surface area contributed by atoms with Gasteiger partial charge in [-0.1, -0.05) is 41.4 Å². The molecule has 0 heterocycles. The van der Waals surface area contributed by atoms with Crippen molar-refractivity contribution in [3.05, 3.63) is 63.9 Å². The fourth-order valence-corrected chi connectivity index (χ4v) is 2.34. The molecule has 100 valence electrons. The summed E-state index contributed by atoms with van der Waals surface area (Å²) in [6.45, 7) is 2.78. The molecule has 2 aromatic rings. The van der Waals surface area contributed by atoms with Gasteiger partial charge in [-0.15, -0.1) is 0 Å². The molecule has 0 aliphatic heterocycles. The number of hydrogen-bond acceptors (Lipinski definition) is 1. The van der Waals surface area contributed by atoms with Crippen molar-refractivity contribution in [3.63, 3.8) is 0 Å². The molecule has 0 saturated carbocycles. The Morgan fingerprint density at radius 2 is 1.84 bits per heavy atom. The van der Waals surface area contributed by atoms with Crippen LogP contribution in [0.1, 0.15) is 24.5 Å². The van der Waals surface area contributed by atoms with E-state index >= 15 is 0 Å². The summed E-state index contributed by atoms with van der Waals surface area (Å²) >= 11 is 3.43. The number of aryl methyl sites for hydroxylation is 1. The van der Waals surface area contributed by atoms with Crippen molar-refractivity contribution in [1.29, 1.82) is 0 Å². The van der Waals surface area contributed by atoms with Crippen LogP contribution in [0.3, 0.4) is 0 Å². The summed E-state index contributed by atoms with van der Waals surface area (Å²) in [5.74, 6) is -0.210. The first-order valence-electron chi connectivity index (χ1n) is 6.46. The van der Waals surface area contributed by atoms with Gasteiger partial charge in [-0.2, -0.15) is 0 Å². The Morgan fingerprint density at radius 1 is 1.11 bits per heavy atom. The van der Waals surface area contributed by atoms with E-state index in [0.717, 1.165) is 28.6 Å². The average Bonchev–Trinajstić information content (AvgIpc) is 2.42. The van der Waals surface area contributed by atoms with Crippen LogP contribution in [0.5, 0.6) is 0 Å². The maximum atomic E-state index is 13.2. The molecule has 0 bridgehead atoms. The van der Waals surface area contributed by atoms with E-state index in [2.05, 4.69) is 52.4 Å². The van der Waals surface area contributed by atoms with E-state index in [9.17, 15) is 4.39 Å². The van der Waals surface area contributed by atoms with E-state index in [1.54, 1.807) is 12.1 Å². The van der Waals surface area contributed by atoms with Gasteiger partial charge in [0.2, 0.25) is 0 Å². The van der Waals surface area contributed by atoms with Crippen molar-refractivity contribution in [2.45, 2.75) is 26.3 Å². The zero-order valence-corrected chi connectivity index (χ0v) is 12.5. The molecule has 0 aliphatic carbocycles. The minimum Gasteiger partial charge on any atom is -0.381 e. The number of nitrogens with one attached hydrogen (secondary N) is 1. The predicted molar refractivity (Wildman–Crippen MR) is 81.9 cm³/mol. The van der Waals surface area contributed by atoms with Gasteiger partial charge in [-0.05, 0) is 47.9 Å². The number of rotatable bonds is 5. The Morgan fingerprint density at radius 3 is 2.53 bits per heavy atom. The number of halogens is 2. The lowest BCUT2D eigenvalue weighted by atomic mass is 10.1. The molecule has 0 amide bonds. The zero-order chi connectivity index (χ0) is 13.7. The van der Waals surface area contributed by atoms with Crippen molar-refractivity contribution >= 4 is 21.6 Å². The molecule has 1 N–H and O–H groups in total. The Balaban J connectivity index is 2.00. The molecule has 2 rings (SSSR count). The van der Waals surface area contributed by atoms with Crippen molar-refractivity contribution in [2.24, 2.45) is 0 Å². The summed E-state index contributed by atoms with van der Waals surface area (Å²) in [6.07, 6.45) is 2.26. The maximum absolute atomic E-state index is 13.2. The van der Waals surface area contributed by atoms with E-state index in [0.29, 0.717) is 6.54 Å².